The molecule has 3 nitrogen and oxygen atoms in total. The Morgan fingerprint density at radius 1 is 1.29 bits per heavy atom. The number of ether oxygens (including phenoxy) is 1. The highest BCUT2D eigenvalue weighted by Gasteiger charge is 2.41. The van der Waals surface area contributed by atoms with Crippen molar-refractivity contribution in [3.05, 3.63) is 0 Å². The van der Waals surface area contributed by atoms with Crippen LogP contribution in [0.4, 0.5) is 0 Å². The summed E-state index contributed by atoms with van der Waals surface area (Å²) in [5, 5.41) is 3.54. The average molecular weight is 238 g/mol. The normalized spacial score (nSPS) is 38.6. The molecule has 0 aromatic heterocycles. The zero-order valence-corrected chi connectivity index (χ0v) is 11.1. The second kappa shape index (κ2) is 4.87. The van der Waals surface area contributed by atoms with E-state index in [1.54, 1.807) is 0 Å². The van der Waals surface area contributed by atoms with Gasteiger partial charge in [0.05, 0.1) is 5.60 Å². The van der Waals surface area contributed by atoms with Gasteiger partial charge in [0, 0.05) is 38.3 Å². The van der Waals surface area contributed by atoms with E-state index in [4.69, 9.17) is 4.74 Å². The minimum absolute atomic E-state index is 0.275. The molecule has 0 amide bonds. The maximum absolute atomic E-state index is 6.13. The SMILES string of the molecule is C[C@@H]1CN(C2CCOC3(CCCC3)C2)CCN1. The van der Waals surface area contributed by atoms with Crippen molar-refractivity contribution in [3.8, 4) is 0 Å². The standard InChI is InChI=1S/C14H26N2O/c1-12-11-16(8-7-15-12)13-4-9-17-14(10-13)5-2-3-6-14/h12-13,15H,2-11H2,1H3/t12-,13?/m1/s1. The third kappa shape index (κ3) is 2.51. The van der Waals surface area contributed by atoms with Crippen molar-refractivity contribution < 1.29 is 4.74 Å². The Morgan fingerprint density at radius 2 is 2.12 bits per heavy atom. The quantitative estimate of drug-likeness (QED) is 0.753. The molecular formula is C14H26N2O. The Morgan fingerprint density at radius 3 is 2.88 bits per heavy atom. The molecule has 1 N–H and O–H groups in total. The van der Waals surface area contributed by atoms with E-state index >= 15 is 0 Å². The number of nitrogens with zero attached hydrogens (tertiary/aromatic N) is 1. The van der Waals surface area contributed by atoms with Gasteiger partial charge in [-0.2, -0.15) is 0 Å². The lowest BCUT2D eigenvalue weighted by atomic mass is 9.87. The molecule has 1 aliphatic carbocycles. The summed E-state index contributed by atoms with van der Waals surface area (Å²) in [6, 6.07) is 1.44. The summed E-state index contributed by atoms with van der Waals surface area (Å²) < 4.78 is 6.13. The van der Waals surface area contributed by atoms with E-state index in [0.29, 0.717) is 6.04 Å². The Bertz CT molecular complexity index is 263. The van der Waals surface area contributed by atoms with E-state index in [1.165, 1.54) is 51.6 Å². The summed E-state index contributed by atoms with van der Waals surface area (Å²) in [6.07, 6.45) is 7.92. The van der Waals surface area contributed by atoms with Gasteiger partial charge in [-0.05, 0) is 32.6 Å². The van der Waals surface area contributed by atoms with Gasteiger partial charge >= 0.3 is 0 Å². The summed E-state index contributed by atoms with van der Waals surface area (Å²) in [5.41, 5.74) is 0.275. The van der Waals surface area contributed by atoms with Gasteiger partial charge in [0.2, 0.25) is 0 Å². The van der Waals surface area contributed by atoms with Crippen LogP contribution in [0.1, 0.15) is 45.4 Å². The highest BCUT2D eigenvalue weighted by molar-refractivity contribution is 4.95. The van der Waals surface area contributed by atoms with E-state index in [-0.39, 0.29) is 5.60 Å². The number of piperazine rings is 1. The zero-order chi connectivity index (χ0) is 11.7. The lowest BCUT2D eigenvalue weighted by molar-refractivity contribution is -0.104. The molecule has 0 aromatic rings. The van der Waals surface area contributed by atoms with Crippen LogP contribution in [0.15, 0.2) is 0 Å². The lowest BCUT2D eigenvalue weighted by Crippen LogP contribution is -2.56. The van der Waals surface area contributed by atoms with Crippen molar-refractivity contribution in [3.63, 3.8) is 0 Å². The summed E-state index contributed by atoms with van der Waals surface area (Å²) in [5.74, 6) is 0. The van der Waals surface area contributed by atoms with Crippen LogP contribution in [0.5, 0.6) is 0 Å². The second-order valence-corrected chi connectivity index (χ2v) is 6.24. The van der Waals surface area contributed by atoms with Gasteiger partial charge in [-0.3, -0.25) is 4.90 Å². The van der Waals surface area contributed by atoms with Crippen molar-refractivity contribution in [2.45, 2.75) is 63.1 Å². The second-order valence-electron chi connectivity index (χ2n) is 6.24. The third-order valence-corrected chi connectivity index (χ3v) is 4.90. The first-order valence-electron chi connectivity index (χ1n) is 7.39. The molecule has 0 bridgehead atoms. The van der Waals surface area contributed by atoms with Crippen LogP contribution in [-0.2, 0) is 4.74 Å². The van der Waals surface area contributed by atoms with Crippen LogP contribution in [0.2, 0.25) is 0 Å². The molecule has 3 fully saturated rings. The Hall–Kier alpha value is -0.120. The maximum atomic E-state index is 6.13. The Kier molecular flexibility index (Phi) is 3.42. The van der Waals surface area contributed by atoms with Crippen molar-refractivity contribution in [2.24, 2.45) is 0 Å². The van der Waals surface area contributed by atoms with E-state index in [0.717, 1.165) is 19.2 Å². The molecule has 2 saturated heterocycles. The van der Waals surface area contributed by atoms with Gasteiger partial charge < -0.3 is 10.1 Å². The first-order valence-corrected chi connectivity index (χ1v) is 7.39. The number of hydrogen-bond donors (Lipinski definition) is 1. The van der Waals surface area contributed by atoms with Crippen molar-refractivity contribution in [1.82, 2.24) is 10.2 Å². The monoisotopic (exact) mass is 238 g/mol. The molecule has 0 radical (unpaired) electrons. The van der Waals surface area contributed by atoms with Gasteiger partial charge in [0.1, 0.15) is 0 Å². The zero-order valence-electron chi connectivity index (χ0n) is 11.1. The smallest absolute Gasteiger partial charge is 0.0697 e. The molecule has 3 rings (SSSR count). The lowest BCUT2D eigenvalue weighted by Gasteiger charge is -2.45. The molecule has 2 aliphatic heterocycles. The molecule has 2 atom stereocenters. The van der Waals surface area contributed by atoms with Crippen LogP contribution < -0.4 is 5.32 Å². The summed E-state index contributed by atoms with van der Waals surface area (Å²) in [6.45, 7) is 6.90. The molecule has 17 heavy (non-hydrogen) atoms. The first kappa shape index (κ1) is 11.9. The van der Waals surface area contributed by atoms with E-state index < -0.39 is 0 Å². The number of rotatable bonds is 1. The fraction of sp³-hybridized carbons (Fsp3) is 1.00. The molecule has 1 saturated carbocycles. The molecule has 1 spiro atoms. The summed E-state index contributed by atoms with van der Waals surface area (Å²) in [7, 11) is 0. The van der Waals surface area contributed by atoms with Crippen LogP contribution >= 0.6 is 0 Å². The van der Waals surface area contributed by atoms with Crippen molar-refractivity contribution in [2.75, 3.05) is 26.2 Å². The third-order valence-electron chi connectivity index (χ3n) is 4.90. The van der Waals surface area contributed by atoms with E-state index in [9.17, 15) is 0 Å². The Labute approximate surface area is 105 Å². The first-order chi connectivity index (χ1) is 8.27. The van der Waals surface area contributed by atoms with Crippen molar-refractivity contribution in [1.29, 1.82) is 0 Å². The fourth-order valence-electron chi connectivity index (χ4n) is 3.98. The summed E-state index contributed by atoms with van der Waals surface area (Å²) >= 11 is 0. The number of hydrogen-bond acceptors (Lipinski definition) is 3. The average Bonchev–Trinajstić information content (AvgIpc) is 2.77. The topological polar surface area (TPSA) is 24.5 Å². The van der Waals surface area contributed by atoms with Gasteiger partial charge in [-0.25, -0.2) is 0 Å². The van der Waals surface area contributed by atoms with Crippen molar-refractivity contribution >= 4 is 0 Å². The minimum atomic E-state index is 0.275. The molecule has 98 valence electrons. The van der Waals surface area contributed by atoms with Gasteiger partial charge in [0.25, 0.3) is 0 Å². The number of nitrogens with one attached hydrogen (secondary N) is 1. The highest BCUT2D eigenvalue weighted by atomic mass is 16.5. The Balaban J connectivity index is 1.62. The van der Waals surface area contributed by atoms with E-state index in [2.05, 4.69) is 17.1 Å². The molecule has 3 heteroatoms. The van der Waals surface area contributed by atoms with Crippen LogP contribution in [0, 0.1) is 0 Å². The molecule has 2 heterocycles. The molecule has 3 aliphatic rings. The van der Waals surface area contributed by atoms with Gasteiger partial charge in [-0.1, -0.05) is 12.8 Å². The largest absolute Gasteiger partial charge is 0.375 e. The predicted molar refractivity (Wildman–Crippen MR) is 69.2 cm³/mol. The van der Waals surface area contributed by atoms with Gasteiger partial charge in [0.15, 0.2) is 0 Å². The molecular weight excluding hydrogens is 212 g/mol. The molecule has 0 aromatic carbocycles. The predicted octanol–water partition coefficient (Wildman–Crippen LogP) is 1.77. The van der Waals surface area contributed by atoms with Crippen LogP contribution in [0.3, 0.4) is 0 Å². The highest BCUT2D eigenvalue weighted by Crippen LogP contribution is 2.41. The summed E-state index contributed by atoms with van der Waals surface area (Å²) in [4.78, 5) is 2.71. The maximum Gasteiger partial charge on any atom is 0.0697 e. The van der Waals surface area contributed by atoms with Crippen LogP contribution in [-0.4, -0.2) is 48.8 Å². The van der Waals surface area contributed by atoms with Gasteiger partial charge in [-0.15, -0.1) is 0 Å². The van der Waals surface area contributed by atoms with E-state index in [1.807, 2.05) is 0 Å². The van der Waals surface area contributed by atoms with Crippen LogP contribution in [0.25, 0.3) is 0 Å². The molecule has 1 unspecified atom stereocenters. The fourth-order valence-corrected chi connectivity index (χ4v) is 3.98. The minimum Gasteiger partial charge on any atom is -0.375 e.